The quantitative estimate of drug-likeness (QED) is 0.506. The van der Waals surface area contributed by atoms with E-state index in [9.17, 15) is 9.59 Å². The number of nitrogens with one attached hydrogen (secondary N) is 2. The van der Waals surface area contributed by atoms with E-state index in [-0.39, 0.29) is 10.7 Å². The van der Waals surface area contributed by atoms with E-state index in [0.717, 1.165) is 5.56 Å². The van der Waals surface area contributed by atoms with Crippen LogP contribution in [0.2, 0.25) is 10.0 Å². The highest BCUT2D eigenvalue weighted by atomic mass is 35.5. The Hall–Kier alpha value is -2.37. The largest absolute Gasteiger partial charge is 0.329 e. The van der Waals surface area contributed by atoms with Crippen LogP contribution in [0.3, 0.4) is 0 Å². The van der Waals surface area contributed by atoms with Crippen LogP contribution in [0.15, 0.2) is 53.6 Å². The summed E-state index contributed by atoms with van der Waals surface area (Å²) in [7, 11) is 0. The van der Waals surface area contributed by atoms with Gasteiger partial charge in [-0.2, -0.15) is 5.10 Å². The highest BCUT2D eigenvalue weighted by molar-refractivity contribution is 6.42. The smallest absolute Gasteiger partial charge is 0.316 e. The molecule has 2 rings (SSSR count). The number of benzene rings is 2. The Morgan fingerprint density at radius 3 is 2.39 bits per heavy atom. The van der Waals surface area contributed by atoms with Crippen LogP contribution < -0.4 is 10.7 Å². The number of halogens is 2. The van der Waals surface area contributed by atoms with Crippen molar-refractivity contribution < 1.29 is 9.59 Å². The summed E-state index contributed by atoms with van der Waals surface area (Å²) >= 11 is 11.7. The fourth-order valence-corrected chi connectivity index (χ4v) is 2.04. The number of amides is 2. The number of carbonyl (C=O) groups is 2. The Labute approximate surface area is 143 Å². The Morgan fingerprint density at radius 1 is 1.00 bits per heavy atom. The number of rotatable bonds is 3. The van der Waals surface area contributed by atoms with Crippen molar-refractivity contribution in [2.75, 3.05) is 5.32 Å². The van der Waals surface area contributed by atoms with Crippen molar-refractivity contribution >= 4 is 46.4 Å². The van der Waals surface area contributed by atoms with Gasteiger partial charge in [0.15, 0.2) is 0 Å². The van der Waals surface area contributed by atoms with E-state index in [2.05, 4.69) is 15.8 Å². The van der Waals surface area contributed by atoms with E-state index in [4.69, 9.17) is 23.2 Å². The van der Waals surface area contributed by atoms with E-state index >= 15 is 0 Å². The van der Waals surface area contributed by atoms with Gasteiger partial charge >= 0.3 is 11.8 Å². The van der Waals surface area contributed by atoms with Crippen LogP contribution >= 0.6 is 23.2 Å². The van der Waals surface area contributed by atoms with Crippen LogP contribution in [-0.2, 0) is 9.59 Å². The number of hydrogen-bond donors (Lipinski definition) is 2. The van der Waals surface area contributed by atoms with Crippen LogP contribution in [0, 0.1) is 0 Å². The molecule has 7 heteroatoms. The number of hydrogen-bond acceptors (Lipinski definition) is 3. The van der Waals surface area contributed by atoms with E-state index in [0.29, 0.717) is 10.7 Å². The van der Waals surface area contributed by atoms with Crippen molar-refractivity contribution in [3.05, 3.63) is 64.1 Å². The summed E-state index contributed by atoms with van der Waals surface area (Å²) in [6.07, 6.45) is 0. The van der Waals surface area contributed by atoms with Crippen LogP contribution in [-0.4, -0.2) is 17.5 Å². The molecule has 23 heavy (non-hydrogen) atoms. The summed E-state index contributed by atoms with van der Waals surface area (Å²) in [5.74, 6) is -1.80. The van der Waals surface area contributed by atoms with E-state index in [1.54, 1.807) is 13.0 Å². The van der Waals surface area contributed by atoms with Crippen molar-refractivity contribution in [3.8, 4) is 0 Å². The molecule has 0 aromatic heterocycles. The zero-order valence-corrected chi connectivity index (χ0v) is 13.7. The van der Waals surface area contributed by atoms with Gasteiger partial charge in [-0.05, 0) is 30.7 Å². The van der Waals surface area contributed by atoms with Crippen LogP contribution in [0.5, 0.6) is 0 Å². The minimum absolute atomic E-state index is 0.253. The summed E-state index contributed by atoms with van der Waals surface area (Å²) in [5, 5.41) is 6.94. The van der Waals surface area contributed by atoms with Crippen LogP contribution in [0.25, 0.3) is 0 Å². The normalized spacial score (nSPS) is 11.0. The zero-order chi connectivity index (χ0) is 16.8. The van der Waals surface area contributed by atoms with Gasteiger partial charge in [-0.25, -0.2) is 5.43 Å². The van der Waals surface area contributed by atoms with E-state index in [1.165, 1.54) is 12.1 Å². The summed E-state index contributed by atoms with van der Waals surface area (Å²) < 4.78 is 0. The first-order chi connectivity index (χ1) is 11.0. The average Bonchev–Trinajstić information content (AvgIpc) is 2.56. The molecule has 0 saturated carbocycles. The molecule has 0 spiro atoms. The molecule has 2 N–H and O–H groups in total. The monoisotopic (exact) mass is 349 g/mol. The Morgan fingerprint density at radius 2 is 1.70 bits per heavy atom. The van der Waals surface area contributed by atoms with Gasteiger partial charge in [0.2, 0.25) is 0 Å². The summed E-state index contributed by atoms with van der Waals surface area (Å²) in [6, 6.07) is 13.8. The van der Waals surface area contributed by atoms with Gasteiger partial charge in [-0.15, -0.1) is 0 Å². The maximum absolute atomic E-state index is 11.8. The van der Waals surface area contributed by atoms with E-state index in [1.807, 2.05) is 30.3 Å². The molecule has 0 heterocycles. The molecular weight excluding hydrogens is 337 g/mol. The maximum Gasteiger partial charge on any atom is 0.329 e. The fourth-order valence-electron chi connectivity index (χ4n) is 1.70. The molecule has 0 bridgehead atoms. The lowest BCUT2D eigenvalue weighted by Crippen LogP contribution is -2.33. The standard InChI is InChI=1S/C16H13Cl2N3O2/c1-10(11-5-3-2-4-6-11)20-21-16(23)15(22)19-14-9-12(17)7-8-13(14)18/h2-9H,1H3,(H,19,22)(H,21,23). The Bertz CT molecular complexity index is 761. The Kier molecular flexibility index (Phi) is 5.73. The molecule has 0 fully saturated rings. The lowest BCUT2D eigenvalue weighted by molar-refractivity contribution is -0.136. The molecule has 2 amide bonds. The molecule has 2 aromatic rings. The highest BCUT2D eigenvalue weighted by Crippen LogP contribution is 2.25. The van der Waals surface area contributed by atoms with Crippen molar-refractivity contribution in [1.29, 1.82) is 0 Å². The van der Waals surface area contributed by atoms with Gasteiger partial charge in [-0.1, -0.05) is 53.5 Å². The molecule has 2 aromatic carbocycles. The fraction of sp³-hybridized carbons (Fsp3) is 0.0625. The summed E-state index contributed by atoms with van der Waals surface area (Å²) in [5.41, 5.74) is 3.86. The minimum atomic E-state index is -0.906. The van der Waals surface area contributed by atoms with Crippen molar-refractivity contribution in [1.82, 2.24) is 5.43 Å². The van der Waals surface area contributed by atoms with Crippen molar-refractivity contribution in [2.45, 2.75) is 6.92 Å². The molecule has 5 nitrogen and oxygen atoms in total. The molecule has 0 aliphatic carbocycles. The zero-order valence-electron chi connectivity index (χ0n) is 12.1. The second-order valence-corrected chi connectivity index (χ2v) is 5.43. The second-order valence-electron chi connectivity index (χ2n) is 4.58. The molecule has 0 unspecified atom stereocenters. The minimum Gasteiger partial charge on any atom is -0.316 e. The third-order valence-corrected chi connectivity index (χ3v) is 3.46. The number of carbonyl (C=O) groups excluding carboxylic acids is 2. The lowest BCUT2D eigenvalue weighted by Gasteiger charge is -2.07. The van der Waals surface area contributed by atoms with Crippen molar-refractivity contribution in [2.24, 2.45) is 5.10 Å². The lowest BCUT2D eigenvalue weighted by atomic mass is 10.1. The van der Waals surface area contributed by atoms with Gasteiger partial charge in [0.1, 0.15) is 0 Å². The number of hydrazone groups is 1. The molecule has 0 radical (unpaired) electrons. The third-order valence-electron chi connectivity index (χ3n) is 2.90. The first kappa shape index (κ1) is 17.0. The Balaban J connectivity index is 2.00. The number of nitrogens with zero attached hydrogens (tertiary/aromatic N) is 1. The molecule has 0 atom stereocenters. The predicted molar refractivity (Wildman–Crippen MR) is 91.9 cm³/mol. The summed E-state index contributed by atoms with van der Waals surface area (Å²) in [4.78, 5) is 23.6. The topological polar surface area (TPSA) is 70.6 Å². The molecule has 0 aliphatic rings. The van der Waals surface area contributed by atoms with Gasteiger partial charge < -0.3 is 5.32 Å². The summed E-state index contributed by atoms with van der Waals surface area (Å²) in [6.45, 7) is 1.72. The predicted octanol–water partition coefficient (Wildman–Crippen LogP) is 3.47. The molecule has 0 saturated heterocycles. The van der Waals surface area contributed by atoms with Crippen LogP contribution in [0.4, 0.5) is 5.69 Å². The molecular formula is C16H13Cl2N3O2. The first-order valence-electron chi connectivity index (χ1n) is 6.63. The van der Waals surface area contributed by atoms with Gasteiger partial charge in [0.05, 0.1) is 16.4 Å². The second kappa shape index (κ2) is 7.76. The third kappa shape index (κ3) is 4.81. The van der Waals surface area contributed by atoms with Crippen LogP contribution in [0.1, 0.15) is 12.5 Å². The van der Waals surface area contributed by atoms with Gasteiger partial charge in [-0.3, -0.25) is 9.59 Å². The molecule has 0 aliphatic heterocycles. The van der Waals surface area contributed by atoms with Crippen molar-refractivity contribution in [3.63, 3.8) is 0 Å². The maximum atomic E-state index is 11.8. The first-order valence-corrected chi connectivity index (χ1v) is 7.39. The SMILES string of the molecule is CC(=NNC(=O)C(=O)Nc1cc(Cl)ccc1Cl)c1ccccc1. The highest BCUT2D eigenvalue weighted by Gasteiger charge is 2.15. The average molecular weight is 350 g/mol. The number of anilines is 1. The van der Waals surface area contributed by atoms with E-state index < -0.39 is 11.8 Å². The van der Waals surface area contributed by atoms with Gasteiger partial charge in [0, 0.05) is 5.02 Å². The van der Waals surface area contributed by atoms with Gasteiger partial charge in [0.25, 0.3) is 0 Å². The molecule has 118 valence electrons.